The van der Waals surface area contributed by atoms with Gasteiger partial charge >= 0.3 is 0 Å². The average molecular weight is 416 g/mol. The lowest BCUT2D eigenvalue weighted by Crippen LogP contribution is -2.31. The first-order valence-electron chi connectivity index (χ1n) is 10.4. The number of carbonyl (C=O) groups is 1. The minimum atomic E-state index is -0.298. The molecule has 1 atom stereocenters. The summed E-state index contributed by atoms with van der Waals surface area (Å²) >= 11 is 0. The van der Waals surface area contributed by atoms with E-state index in [-0.39, 0.29) is 11.8 Å². The monoisotopic (exact) mass is 416 g/mol. The van der Waals surface area contributed by atoms with E-state index < -0.39 is 0 Å². The summed E-state index contributed by atoms with van der Waals surface area (Å²) in [4.78, 5) is 17.7. The van der Waals surface area contributed by atoms with Crippen LogP contribution >= 0.6 is 0 Å². The van der Waals surface area contributed by atoms with Crippen molar-refractivity contribution in [3.05, 3.63) is 64.9 Å². The number of nitrogens with one attached hydrogen (secondary N) is 1. The summed E-state index contributed by atoms with van der Waals surface area (Å²) < 4.78 is 12.6. The number of benzene rings is 2. The molecule has 7 nitrogen and oxygen atoms in total. The molecule has 1 N–H and O–H groups in total. The number of ketones is 1. The largest absolute Gasteiger partial charge is 0.497 e. The van der Waals surface area contributed by atoms with Crippen molar-refractivity contribution in [2.75, 3.05) is 19.5 Å². The minimum Gasteiger partial charge on any atom is -0.497 e. The number of hydrogen-bond donors (Lipinski definition) is 1. The van der Waals surface area contributed by atoms with Gasteiger partial charge in [0.15, 0.2) is 11.6 Å². The normalized spacial score (nSPS) is 17.6. The number of nitrogens with zero attached hydrogens (tertiary/aromatic N) is 3. The summed E-state index contributed by atoms with van der Waals surface area (Å²) in [6.07, 6.45) is 2.24. The van der Waals surface area contributed by atoms with Crippen molar-refractivity contribution in [3.8, 4) is 22.9 Å². The van der Waals surface area contributed by atoms with E-state index in [4.69, 9.17) is 19.6 Å². The molecule has 1 unspecified atom stereocenters. The summed E-state index contributed by atoms with van der Waals surface area (Å²) in [7, 11) is 3.23. The molecule has 0 bridgehead atoms. The van der Waals surface area contributed by atoms with E-state index in [1.54, 1.807) is 14.2 Å². The van der Waals surface area contributed by atoms with Gasteiger partial charge in [-0.1, -0.05) is 29.8 Å². The lowest BCUT2D eigenvalue weighted by atomic mass is 9.85. The molecular weight excluding hydrogens is 392 g/mol. The summed E-state index contributed by atoms with van der Waals surface area (Å²) in [5.74, 6) is 2.68. The van der Waals surface area contributed by atoms with Crippen LogP contribution in [0.2, 0.25) is 0 Å². The fourth-order valence-electron chi connectivity index (χ4n) is 4.36. The highest BCUT2D eigenvalue weighted by molar-refractivity contribution is 5.99. The Morgan fingerprint density at radius 3 is 2.55 bits per heavy atom. The van der Waals surface area contributed by atoms with Crippen LogP contribution in [0.5, 0.6) is 11.5 Å². The first kappa shape index (κ1) is 19.4. The predicted octanol–water partition coefficient (Wildman–Crippen LogP) is 4.29. The van der Waals surface area contributed by atoms with Crippen molar-refractivity contribution in [2.45, 2.75) is 32.2 Å². The van der Waals surface area contributed by atoms with Crippen LogP contribution in [0.1, 0.15) is 36.4 Å². The van der Waals surface area contributed by atoms with E-state index in [1.807, 2.05) is 28.9 Å². The number of hydrogen-bond acceptors (Lipinski definition) is 6. The van der Waals surface area contributed by atoms with Crippen LogP contribution in [0.25, 0.3) is 11.4 Å². The van der Waals surface area contributed by atoms with Gasteiger partial charge in [-0.2, -0.15) is 4.98 Å². The molecule has 5 rings (SSSR count). The first-order chi connectivity index (χ1) is 15.1. The molecule has 0 saturated heterocycles. The van der Waals surface area contributed by atoms with E-state index in [1.165, 1.54) is 0 Å². The maximum atomic E-state index is 13.0. The molecule has 0 radical (unpaired) electrons. The van der Waals surface area contributed by atoms with Gasteiger partial charge in [0.25, 0.3) is 0 Å². The number of aryl methyl sites for hydroxylation is 1. The number of carbonyl (C=O) groups excluding carboxylic acids is 1. The maximum absolute atomic E-state index is 13.0. The van der Waals surface area contributed by atoms with E-state index in [9.17, 15) is 4.79 Å². The molecule has 0 amide bonds. The molecule has 0 fully saturated rings. The van der Waals surface area contributed by atoms with Crippen molar-refractivity contribution in [1.82, 2.24) is 14.8 Å². The number of ether oxygens (including phenoxy) is 2. The Balaban J connectivity index is 1.67. The molecule has 2 aromatic carbocycles. The van der Waals surface area contributed by atoms with Crippen LogP contribution < -0.4 is 14.8 Å². The van der Waals surface area contributed by atoms with Crippen molar-refractivity contribution in [1.29, 1.82) is 0 Å². The summed E-state index contributed by atoms with van der Waals surface area (Å²) in [5.41, 5.74) is 4.71. The summed E-state index contributed by atoms with van der Waals surface area (Å²) in [6.45, 7) is 2.05. The number of Topliss-reactive ketones (excluding diaryl/α,β-unsaturated/α-hetero) is 1. The molecule has 0 saturated carbocycles. The van der Waals surface area contributed by atoms with E-state index >= 15 is 0 Å². The van der Waals surface area contributed by atoms with Gasteiger partial charge in [-0.3, -0.25) is 4.79 Å². The Morgan fingerprint density at radius 1 is 1.06 bits per heavy atom. The van der Waals surface area contributed by atoms with Gasteiger partial charge in [0.1, 0.15) is 17.5 Å². The molecule has 2 aliphatic rings. The number of allylic oxidation sites excluding steroid dienone is 2. The molecule has 1 aromatic heterocycles. The zero-order chi connectivity index (χ0) is 21.5. The van der Waals surface area contributed by atoms with E-state index in [2.05, 4.69) is 30.4 Å². The Morgan fingerprint density at radius 2 is 1.84 bits per heavy atom. The average Bonchev–Trinajstić information content (AvgIpc) is 3.21. The van der Waals surface area contributed by atoms with E-state index in [0.29, 0.717) is 29.7 Å². The second-order valence-electron chi connectivity index (χ2n) is 7.92. The van der Waals surface area contributed by atoms with Crippen LogP contribution in [-0.4, -0.2) is 34.8 Å². The smallest absolute Gasteiger partial charge is 0.226 e. The first-order valence-corrected chi connectivity index (χ1v) is 10.4. The van der Waals surface area contributed by atoms with Crippen molar-refractivity contribution >= 4 is 11.7 Å². The number of fused-ring (bicyclic) bond motifs is 1. The topological polar surface area (TPSA) is 78.3 Å². The van der Waals surface area contributed by atoms with Gasteiger partial charge in [0, 0.05) is 29.3 Å². The molecule has 158 valence electrons. The van der Waals surface area contributed by atoms with Crippen LogP contribution in [0.15, 0.2) is 53.7 Å². The lowest BCUT2D eigenvalue weighted by molar-refractivity contribution is -0.116. The van der Waals surface area contributed by atoms with Crippen molar-refractivity contribution < 1.29 is 14.3 Å². The highest BCUT2D eigenvalue weighted by Crippen LogP contribution is 2.41. The molecule has 7 heteroatoms. The molecule has 1 aliphatic carbocycles. The standard InChI is InChI=1S/C24H24N4O3/c1-14-6-4-7-15(10-14)22-21-19(8-5-9-20(21)29)25-24-26-23(27-28(22)24)16-11-17(30-2)13-18(12-16)31-3/h4,6-7,10-13,22H,5,8-9H2,1-3H3,(H,25,26,27). The predicted molar refractivity (Wildman–Crippen MR) is 117 cm³/mol. The number of methoxy groups -OCH3 is 2. The molecular formula is C24H24N4O3. The third-order valence-corrected chi connectivity index (χ3v) is 5.84. The van der Waals surface area contributed by atoms with Crippen molar-refractivity contribution in [2.24, 2.45) is 0 Å². The summed E-state index contributed by atoms with van der Waals surface area (Å²) in [5, 5.41) is 8.21. The van der Waals surface area contributed by atoms with Crippen LogP contribution in [0, 0.1) is 6.92 Å². The van der Waals surface area contributed by atoms with Gasteiger partial charge in [-0.15, -0.1) is 5.10 Å². The van der Waals surface area contributed by atoms with Gasteiger partial charge in [-0.05, 0) is 37.5 Å². The summed E-state index contributed by atoms with van der Waals surface area (Å²) in [6, 6.07) is 13.5. The zero-order valence-electron chi connectivity index (χ0n) is 17.8. The van der Waals surface area contributed by atoms with Gasteiger partial charge in [-0.25, -0.2) is 4.68 Å². The Bertz CT molecular complexity index is 1190. The quantitative estimate of drug-likeness (QED) is 0.684. The Kier molecular flexibility index (Phi) is 4.73. The number of rotatable bonds is 4. The van der Waals surface area contributed by atoms with Crippen LogP contribution in [0.4, 0.5) is 5.95 Å². The molecule has 31 heavy (non-hydrogen) atoms. The zero-order valence-corrected chi connectivity index (χ0v) is 17.8. The maximum Gasteiger partial charge on any atom is 0.226 e. The third-order valence-electron chi connectivity index (χ3n) is 5.84. The van der Waals surface area contributed by atoms with Crippen molar-refractivity contribution in [3.63, 3.8) is 0 Å². The van der Waals surface area contributed by atoms with Crippen LogP contribution in [0.3, 0.4) is 0 Å². The fourth-order valence-corrected chi connectivity index (χ4v) is 4.36. The Labute approximate surface area is 180 Å². The van der Waals surface area contributed by atoms with E-state index in [0.717, 1.165) is 40.8 Å². The molecule has 3 aromatic rings. The van der Waals surface area contributed by atoms with Gasteiger partial charge in [0.2, 0.25) is 5.95 Å². The molecule has 1 aliphatic heterocycles. The highest BCUT2D eigenvalue weighted by atomic mass is 16.5. The second-order valence-corrected chi connectivity index (χ2v) is 7.92. The van der Waals surface area contributed by atoms with Gasteiger partial charge in [0.05, 0.1) is 14.2 Å². The lowest BCUT2D eigenvalue weighted by Gasteiger charge is -2.32. The second kappa shape index (κ2) is 7.58. The molecule has 2 heterocycles. The number of aromatic nitrogens is 3. The Hall–Kier alpha value is -3.61. The SMILES string of the molecule is COc1cc(OC)cc(-c2nc3n(n2)C(c2cccc(C)c2)C2=C(CCCC2=O)N3)c1. The highest BCUT2D eigenvalue weighted by Gasteiger charge is 2.37. The minimum absolute atomic E-state index is 0.172. The third kappa shape index (κ3) is 3.36. The number of anilines is 1. The van der Waals surface area contributed by atoms with Gasteiger partial charge < -0.3 is 14.8 Å². The molecule has 0 spiro atoms. The van der Waals surface area contributed by atoms with Crippen LogP contribution in [-0.2, 0) is 4.79 Å². The fraction of sp³-hybridized carbons (Fsp3) is 0.292.